The maximum Gasteiger partial charge on any atom is 0.227 e. The summed E-state index contributed by atoms with van der Waals surface area (Å²) in [7, 11) is 0. The molecule has 1 aromatic rings. The zero-order valence-corrected chi connectivity index (χ0v) is 14.5. The van der Waals surface area contributed by atoms with E-state index in [0.717, 1.165) is 31.6 Å². The number of rotatable bonds is 5. The molecule has 0 bridgehead atoms. The van der Waals surface area contributed by atoms with Crippen molar-refractivity contribution in [1.29, 1.82) is 0 Å². The summed E-state index contributed by atoms with van der Waals surface area (Å²) >= 11 is 0. The molecule has 0 radical (unpaired) electrons. The normalized spacial score (nSPS) is 25.1. The van der Waals surface area contributed by atoms with Crippen molar-refractivity contribution in [1.82, 2.24) is 10.6 Å². The lowest BCUT2D eigenvalue weighted by atomic mass is 9.96. The maximum atomic E-state index is 12.5. The molecular weight excluding hydrogens is 302 g/mol. The van der Waals surface area contributed by atoms with Crippen molar-refractivity contribution in [3.8, 4) is 0 Å². The maximum absolute atomic E-state index is 12.5. The van der Waals surface area contributed by atoms with Gasteiger partial charge in [0.2, 0.25) is 11.8 Å². The quantitative estimate of drug-likeness (QED) is 0.869. The summed E-state index contributed by atoms with van der Waals surface area (Å²) in [4.78, 5) is 26.8. The van der Waals surface area contributed by atoms with Gasteiger partial charge in [0.25, 0.3) is 0 Å². The third-order valence-corrected chi connectivity index (χ3v) is 5.27. The van der Waals surface area contributed by atoms with Crippen molar-refractivity contribution in [2.75, 3.05) is 24.5 Å². The molecule has 3 atom stereocenters. The van der Waals surface area contributed by atoms with Crippen LogP contribution in [-0.2, 0) is 9.59 Å². The number of carbonyl (C=O) groups is 2. The Kier molecular flexibility index (Phi) is 5.19. The van der Waals surface area contributed by atoms with Gasteiger partial charge in [-0.1, -0.05) is 32.0 Å². The Balaban J connectivity index is 1.72. The second kappa shape index (κ2) is 7.34. The predicted molar refractivity (Wildman–Crippen MR) is 95.0 cm³/mol. The van der Waals surface area contributed by atoms with E-state index in [9.17, 15) is 9.59 Å². The van der Waals surface area contributed by atoms with Crippen LogP contribution in [0.2, 0.25) is 0 Å². The third-order valence-electron chi connectivity index (χ3n) is 5.27. The van der Waals surface area contributed by atoms with Gasteiger partial charge >= 0.3 is 0 Å². The molecule has 130 valence electrons. The zero-order chi connectivity index (χ0) is 17.1. The van der Waals surface area contributed by atoms with Crippen LogP contribution in [0.3, 0.4) is 0 Å². The van der Waals surface area contributed by atoms with Gasteiger partial charge in [0.15, 0.2) is 0 Å². The van der Waals surface area contributed by atoms with Gasteiger partial charge < -0.3 is 15.5 Å². The molecule has 5 nitrogen and oxygen atoms in total. The molecule has 0 saturated carbocycles. The van der Waals surface area contributed by atoms with Crippen LogP contribution < -0.4 is 15.5 Å². The Morgan fingerprint density at radius 1 is 1.42 bits per heavy atom. The Bertz CT molecular complexity index is 610. The van der Waals surface area contributed by atoms with E-state index >= 15 is 0 Å². The smallest absolute Gasteiger partial charge is 0.227 e. The van der Waals surface area contributed by atoms with Crippen LogP contribution in [0.15, 0.2) is 24.3 Å². The van der Waals surface area contributed by atoms with Gasteiger partial charge in [0.1, 0.15) is 0 Å². The average molecular weight is 329 g/mol. The fourth-order valence-electron chi connectivity index (χ4n) is 3.58. The van der Waals surface area contributed by atoms with Crippen LogP contribution in [0.5, 0.6) is 0 Å². The Morgan fingerprint density at radius 2 is 2.21 bits per heavy atom. The molecule has 0 aromatic heterocycles. The van der Waals surface area contributed by atoms with E-state index in [2.05, 4.69) is 30.5 Å². The lowest BCUT2D eigenvalue weighted by molar-refractivity contribution is -0.126. The van der Waals surface area contributed by atoms with Crippen LogP contribution in [0.1, 0.15) is 44.6 Å². The van der Waals surface area contributed by atoms with Gasteiger partial charge in [-0.05, 0) is 36.9 Å². The van der Waals surface area contributed by atoms with Crippen LogP contribution in [0.4, 0.5) is 5.69 Å². The fourth-order valence-corrected chi connectivity index (χ4v) is 3.58. The van der Waals surface area contributed by atoms with Gasteiger partial charge in [-0.25, -0.2) is 0 Å². The summed E-state index contributed by atoms with van der Waals surface area (Å²) in [5.74, 6) is 0.213. The van der Waals surface area contributed by atoms with Gasteiger partial charge in [-0.2, -0.15) is 0 Å². The first-order valence-electron chi connectivity index (χ1n) is 9.00. The van der Waals surface area contributed by atoms with E-state index in [4.69, 9.17) is 0 Å². The Morgan fingerprint density at radius 3 is 2.92 bits per heavy atom. The van der Waals surface area contributed by atoms with Crippen molar-refractivity contribution in [3.63, 3.8) is 0 Å². The minimum atomic E-state index is -0.247. The van der Waals surface area contributed by atoms with Crippen LogP contribution >= 0.6 is 0 Å². The van der Waals surface area contributed by atoms with E-state index in [1.165, 1.54) is 5.56 Å². The second-order valence-corrected chi connectivity index (χ2v) is 6.97. The molecular formula is C19H27N3O2. The number of nitrogens with one attached hydrogen (secondary N) is 2. The number of para-hydroxylation sites is 1. The van der Waals surface area contributed by atoms with Crippen molar-refractivity contribution < 1.29 is 9.59 Å². The molecule has 24 heavy (non-hydrogen) atoms. The molecule has 0 aliphatic carbocycles. The summed E-state index contributed by atoms with van der Waals surface area (Å²) in [6.45, 7) is 6.59. The minimum Gasteiger partial charge on any atom is -0.352 e. The number of nitrogens with zero attached hydrogens (tertiary/aromatic N) is 1. The largest absolute Gasteiger partial charge is 0.352 e. The zero-order valence-electron chi connectivity index (χ0n) is 14.5. The number of anilines is 1. The molecule has 3 unspecified atom stereocenters. The van der Waals surface area contributed by atoms with Gasteiger partial charge in [-0.3, -0.25) is 9.59 Å². The molecule has 2 N–H and O–H groups in total. The van der Waals surface area contributed by atoms with Crippen molar-refractivity contribution in [2.24, 2.45) is 5.92 Å². The van der Waals surface area contributed by atoms with Crippen molar-refractivity contribution in [2.45, 2.75) is 45.1 Å². The van der Waals surface area contributed by atoms with Gasteiger partial charge in [-0.15, -0.1) is 0 Å². The number of hydrogen-bond acceptors (Lipinski definition) is 3. The first-order chi connectivity index (χ1) is 11.6. The monoisotopic (exact) mass is 329 g/mol. The highest BCUT2D eigenvalue weighted by Gasteiger charge is 2.37. The van der Waals surface area contributed by atoms with Crippen LogP contribution in [-0.4, -0.2) is 37.5 Å². The Hall–Kier alpha value is -1.88. The minimum absolute atomic E-state index is 0.0144. The molecule has 2 aliphatic heterocycles. The molecule has 2 saturated heterocycles. The molecule has 2 heterocycles. The SMILES string of the molecule is CCC(C)c1ccccc1N1CC(C(=O)NC2CCNC2)CC1=O. The summed E-state index contributed by atoms with van der Waals surface area (Å²) in [6.07, 6.45) is 2.30. The molecule has 5 heteroatoms. The summed E-state index contributed by atoms with van der Waals surface area (Å²) < 4.78 is 0. The van der Waals surface area contributed by atoms with E-state index < -0.39 is 0 Å². The lowest BCUT2D eigenvalue weighted by Crippen LogP contribution is -2.40. The van der Waals surface area contributed by atoms with Gasteiger partial charge in [0.05, 0.1) is 5.92 Å². The van der Waals surface area contributed by atoms with E-state index in [1.54, 1.807) is 4.90 Å². The Labute approximate surface area is 143 Å². The standard InChI is InChI=1S/C19H27N3O2/c1-3-13(2)16-6-4-5-7-17(16)22-12-14(10-18(22)23)19(24)21-15-8-9-20-11-15/h4-7,13-15,20H,3,8-12H2,1-2H3,(H,21,24). The molecule has 2 fully saturated rings. The first kappa shape index (κ1) is 17.0. The van der Waals surface area contributed by atoms with E-state index in [-0.39, 0.29) is 23.8 Å². The fraction of sp³-hybridized carbons (Fsp3) is 0.579. The topological polar surface area (TPSA) is 61.4 Å². The summed E-state index contributed by atoms with van der Waals surface area (Å²) in [5.41, 5.74) is 2.16. The van der Waals surface area contributed by atoms with Gasteiger partial charge in [0, 0.05) is 31.2 Å². The van der Waals surface area contributed by atoms with Crippen LogP contribution in [0, 0.1) is 5.92 Å². The summed E-state index contributed by atoms with van der Waals surface area (Å²) in [6, 6.07) is 8.28. The number of benzene rings is 1. The lowest BCUT2D eigenvalue weighted by Gasteiger charge is -2.23. The third kappa shape index (κ3) is 3.46. The number of hydrogen-bond donors (Lipinski definition) is 2. The molecule has 1 aromatic carbocycles. The molecule has 2 amide bonds. The van der Waals surface area contributed by atoms with E-state index in [0.29, 0.717) is 18.9 Å². The predicted octanol–water partition coefficient (Wildman–Crippen LogP) is 2.03. The molecule has 2 aliphatic rings. The van der Waals surface area contributed by atoms with E-state index in [1.807, 2.05) is 18.2 Å². The highest BCUT2D eigenvalue weighted by Crippen LogP contribution is 2.33. The average Bonchev–Trinajstić information content (AvgIpc) is 3.23. The molecule has 3 rings (SSSR count). The highest BCUT2D eigenvalue weighted by molar-refractivity contribution is 6.01. The molecule has 0 spiro atoms. The van der Waals surface area contributed by atoms with Crippen LogP contribution in [0.25, 0.3) is 0 Å². The second-order valence-electron chi connectivity index (χ2n) is 6.97. The number of carbonyl (C=O) groups excluding carboxylic acids is 2. The van der Waals surface area contributed by atoms with Crippen molar-refractivity contribution >= 4 is 17.5 Å². The summed E-state index contributed by atoms with van der Waals surface area (Å²) in [5, 5.41) is 6.33. The van der Waals surface area contributed by atoms with Crippen molar-refractivity contribution in [3.05, 3.63) is 29.8 Å². The first-order valence-corrected chi connectivity index (χ1v) is 9.00. The highest BCUT2D eigenvalue weighted by atomic mass is 16.2. The number of amides is 2.